The van der Waals surface area contributed by atoms with Crippen molar-refractivity contribution in [1.82, 2.24) is 0 Å². The van der Waals surface area contributed by atoms with Crippen LogP contribution in [0.1, 0.15) is 355 Å². The average Bonchev–Trinajstić information content (AvgIpc) is 3.33. The zero-order valence-electron chi connectivity index (χ0n) is 45.7. The van der Waals surface area contributed by atoms with Crippen molar-refractivity contribution in [2.24, 2.45) is 0 Å². The zero-order valence-corrected chi connectivity index (χ0v) is 45.7. The molecule has 398 valence electrons. The molecule has 6 nitrogen and oxygen atoms in total. The normalized spacial score (nSPS) is 11.9. The lowest BCUT2D eigenvalue weighted by molar-refractivity contribution is -0.167. The van der Waals surface area contributed by atoms with Gasteiger partial charge in [-0.05, 0) is 19.3 Å². The minimum absolute atomic E-state index is 0.0608. The fourth-order valence-electron chi connectivity index (χ4n) is 9.51. The topological polar surface area (TPSA) is 78.9 Å². The van der Waals surface area contributed by atoms with Gasteiger partial charge in [-0.2, -0.15) is 0 Å². The molecule has 0 amide bonds. The molecule has 0 aliphatic heterocycles. The van der Waals surface area contributed by atoms with Crippen molar-refractivity contribution in [2.45, 2.75) is 361 Å². The summed E-state index contributed by atoms with van der Waals surface area (Å²) in [5.41, 5.74) is 0. The summed E-state index contributed by atoms with van der Waals surface area (Å²) in [5, 5.41) is 0. The average molecular weight is 948 g/mol. The minimum Gasteiger partial charge on any atom is -0.462 e. The standard InChI is InChI=1S/C61H118O6/c1-4-7-10-13-16-19-22-25-27-29-30-32-34-37-39-42-45-48-51-54-60(63)66-57-58(67-61(64)55-52-49-46-43-40-35-24-21-18-15-12-9-6-3)56-65-59(62)53-50-47-44-41-38-36-33-31-28-26-23-20-17-14-11-8-5-2/h58H,4-57H2,1-3H3/t58-/m0/s1. The first-order valence-electron chi connectivity index (χ1n) is 30.5. The van der Waals surface area contributed by atoms with Gasteiger partial charge in [0.05, 0.1) is 0 Å². The number of ether oxygens (including phenoxy) is 3. The highest BCUT2D eigenvalue weighted by molar-refractivity contribution is 5.71. The van der Waals surface area contributed by atoms with Crippen LogP contribution in [0, 0.1) is 0 Å². The van der Waals surface area contributed by atoms with E-state index in [4.69, 9.17) is 14.2 Å². The van der Waals surface area contributed by atoms with Crippen molar-refractivity contribution in [2.75, 3.05) is 13.2 Å². The highest BCUT2D eigenvalue weighted by Crippen LogP contribution is 2.18. The van der Waals surface area contributed by atoms with Gasteiger partial charge in [0.1, 0.15) is 13.2 Å². The maximum Gasteiger partial charge on any atom is 0.306 e. The second-order valence-corrected chi connectivity index (χ2v) is 21.0. The number of carbonyl (C=O) groups is 3. The molecule has 0 saturated heterocycles. The lowest BCUT2D eigenvalue weighted by Crippen LogP contribution is -2.30. The first-order chi connectivity index (χ1) is 33.0. The number of hydrogen-bond acceptors (Lipinski definition) is 6. The molecule has 0 rings (SSSR count). The van der Waals surface area contributed by atoms with Gasteiger partial charge in [-0.1, -0.05) is 316 Å². The van der Waals surface area contributed by atoms with Gasteiger partial charge in [0.2, 0.25) is 0 Å². The van der Waals surface area contributed by atoms with Crippen LogP contribution >= 0.6 is 0 Å². The van der Waals surface area contributed by atoms with Crippen LogP contribution in [0.4, 0.5) is 0 Å². The highest BCUT2D eigenvalue weighted by atomic mass is 16.6. The molecule has 0 aromatic heterocycles. The van der Waals surface area contributed by atoms with Crippen LogP contribution in [-0.2, 0) is 28.6 Å². The van der Waals surface area contributed by atoms with Crippen LogP contribution < -0.4 is 0 Å². The Morgan fingerprint density at radius 2 is 0.403 bits per heavy atom. The molecular formula is C61H118O6. The first kappa shape index (κ1) is 65.4. The summed E-state index contributed by atoms with van der Waals surface area (Å²) >= 11 is 0. The summed E-state index contributed by atoms with van der Waals surface area (Å²) in [6.45, 7) is 6.72. The predicted molar refractivity (Wildman–Crippen MR) is 289 cm³/mol. The van der Waals surface area contributed by atoms with E-state index in [2.05, 4.69) is 20.8 Å². The Kier molecular flexibility index (Phi) is 55.6. The Bertz CT molecular complexity index is 998. The van der Waals surface area contributed by atoms with Crippen molar-refractivity contribution >= 4 is 17.9 Å². The molecule has 0 N–H and O–H groups in total. The number of carbonyl (C=O) groups excluding carboxylic acids is 3. The minimum atomic E-state index is -0.761. The van der Waals surface area contributed by atoms with Crippen LogP contribution in [0.25, 0.3) is 0 Å². The summed E-state index contributed by atoms with van der Waals surface area (Å²) in [6, 6.07) is 0. The number of esters is 3. The van der Waals surface area contributed by atoms with Crippen molar-refractivity contribution in [3.63, 3.8) is 0 Å². The fourth-order valence-corrected chi connectivity index (χ4v) is 9.51. The van der Waals surface area contributed by atoms with Gasteiger partial charge in [0.15, 0.2) is 6.10 Å². The molecule has 0 heterocycles. The van der Waals surface area contributed by atoms with E-state index in [1.807, 2.05) is 0 Å². The van der Waals surface area contributed by atoms with E-state index in [0.29, 0.717) is 19.3 Å². The second kappa shape index (κ2) is 57.0. The van der Waals surface area contributed by atoms with Crippen molar-refractivity contribution in [3.05, 3.63) is 0 Å². The van der Waals surface area contributed by atoms with Gasteiger partial charge in [0.25, 0.3) is 0 Å². The van der Waals surface area contributed by atoms with Crippen LogP contribution in [0.15, 0.2) is 0 Å². The van der Waals surface area contributed by atoms with Gasteiger partial charge < -0.3 is 14.2 Å². The molecule has 0 saturated carbocycles. The summed E-state index contributed by atoms with van der Waals surface area (Å²) < 4.78 is 16.9. The van der Waals surface area contributed by atoms with Crippen molar-refractivity contribution < 1.29 is 28.6 Å². The molecule has 0 spiro atoms. The van der Waals surface area contributed by atoms with Crippen LogP contribution in [0.5, 0.6) is 0 Å². The maximum absolute atomic E-state index is 12.8. The molecule has 0 aromatic carbocycles. The zero-order chi connectivity index (χ0) is 48.6. The molecule has 1 atom stereocenters. The Morgan fingerprint density at radius 1 is 0.239 bits per heavy atom. The molecule has 67 heavy (non-hydrogen) atoms. The van der Waals surface area contributed by atoms with Crippen molar-refractivity contribution in [1.29, 1.82) is 0 Å². The number of unbranched alkanes of at least 4 members (excludes halogenated alkanes) is 46. The summed E-state index contributed by atoms with van der Waals surface area (Å²) in [7, 11) is 0. The van der Waals surface area contributed by atoms with Gasteiger partial charge in [-0.3, -0.25) is 14.4 Å². The monoisotopic (exact) mass is 947 g/mol. The highest BCUT2D eigenvalue weighted by Gasteiger charge is 2.19. The lowest BCUT2D eigenvalue weighted by Gasteiger charge is -2.18. The quantitative estimate of drug-likeness (QED) is 0.0343. The second-order valence-electron chi connectivity index (χ2n) is 21.0. The van der Waals surface area contributed by atoms with E-state index in [0.717, 1.165) is 57.8 Å². The Hall–Kier alpha value is -1.59. The Labute approximate surface area is 418 Å². The van der Waals surface area contributed by atoms with Crippen LogP contribution in [0.2, 0.25) is 0 Å². The molecular weight excluding hydrogens is 829 g/mol. The molecule has 0 unspecified atom stereocenters. The molecule has 0 bridgehead atoms. The van der Waals surface area contributed by atoms with Gasteiger partial charge in [0, 0.05) is 19.3 Å². The molecule has 0 aliphatic carbocycles. The summed E-state index contributed by atoms with van der Waals surface area (Å²) in [6.07, 6.45) is 63.8. The largest absolute Gasteiger partial charge is 0.462 e. The third-order valence-corrected chi connectivity index (χ3v) is 14.1. The van der Waals surface area contributed by atoms with E-state index in [1.165, 1.54) is 257 Å². The lowest BCUT2D eigenvalue weighted by atomic mass is 10.0. The Balaban J connectivity index is 4.25. The van der Waals surface area contributed by atoms with Crippen LogP contribution in [-0.4, -0.2) is 37.2 Å². The smallest absolute Gasteiger partial charge is 0.306 e. The Morgan fingerprint density at radius 3 is 0.597 bits per heavy atom. The molecule has 0 aromatic rings. The fraction of sp³-hybridized carbons (Fsp3) is 0.951. The number of rotatable bonds is 57. The molecule has 0 fully saturated rings. The summed E-state index contributed by atoms with van der Waals surface area (Å²) in [5.74, 6) is -0.828. The molecule has 6 heteroatoms. The SMILES string of the molecule is CCCCCCCCCCCCCCCCCCCCCC(=O)OC[C@H](COC(=O)CCCCCCCCCCCCCCCCCCC)OC(=O)CCCCCCCCCCCCCCC. The van der Waals surface area contributed by atoms with Gasteiger partial charge >= 0.3 is 17.9 Å². The molecule has 0 aliphatic rings. The first-order valence-corrected chi connectivity index (χ1v) is 30.5. The van der Waals surface area contributed by atoms with E-state index in [1.54, 1.807) is 0 Å². The maximum atomic E-state index is 12.8. The predicted octanol–water partition coefficient (Wildman–Crippen LogP) is 20.3. The van der Waals surface area contributed by atoms with Crippen LogP contribution in [0.3, 0.4) is 0 Å². The third kappa shape index (κ3) is 55.2. The van der Waals surface area contributed by atoms with E-state index in [9.17, 15) is 14.4 Å². The van der Waals surface area contributed by atoms with Gasteiger partial charge in [-0.25, -0.2) is 0 Å². The van der Waals surface area contributed by atoms with E-state index >= 15 is 0 Å². The number of hydrogen-bond donors (Lipinski definition) is 0. The molecule has 0 radical (unpaired) electrons. The third-order valence-electron chi connectivity index (χ3n) is 14.1. The van der Waals surface area contributed by atoms with E-state index in [-0.39, 0.29) is 31.1 Å². The van der Waals surface area contributed by atoms with E-state index < -0.39 is 6.10 Å². The van der Waals surface area contributed by atoms with Gasteiger partial charge in [-0.15, -0.1) is 0 Å². The van der Waals surface area contributed by atoms with Crippen molar-refractivity contribution in [3.8, 4) is 0 Å². The summed E-state index contributed by atoms with van der Waals surface area (Å²) in [4.78, 5) is 38.2.